The Balaban J connectivity index is 2.07. The Morgan fingerprint density at radius 1 is 1.19 bits per heavy atom. The van der Waals surface area contributed by atoms with Crippen molar-refractivity contribution in [2.24, 2.45) is 0 Å². The normalized spacial score (nSPS) is 11.2. The molecule has 6 nitrogen and oxygen atoms in total. The predicted molar refractivity (Wildman–Crippen MR) is 98.4 cm³/mol. The number of phenolic OH excluding ortho intramolecular Hbond substituents is 1. The fourth-order valence-corrected chi connectivity index (χ4v) is 2.51. The fraction of sp³-hybridized carbons (Fsp3) is 0.316. The minimum Gasteiger partial charge on any atom is -0.508 e. The highest BCUT2D eigenvalue weighted by molar-refractivity contribution is 6.30. The Morgan fingerprint density at radius 2 is 1.92 bits per heavy atom. The van der Waals surface area contributed by atoms with Gasteiger partial charge in [-0.2, -0.15) is 0 Å². The Labute approximate surface area is 156 Å². The summed E-state index contributed by atoms with van der Waals surface area (Å²) in [6.45, 7) is 3.17. The van der Waals surface area contributed by atoms with Crippen LogP contribution in [0.4, 0.5) is 0 Å². The molecule has 0 radical (unpaired) electrons. The van der Waals surface area contributed by atoms with Gasteiger partial charge in [0.05, 0.1) is 12.1 Å². The molecule has 1 heterocycles. The lowest BCUT2D eigenvalue weighted by molar-refractivity contribution is -0.117. The molecule has 26 heavy (non-hydrogen) atoms. The van der Waals surface area contributed by atoms with Crippen molar-refractivity contribution in [3.8, 4) is 5.75 Å². The van der Waals surface area contributed by atoms with E-state index in [0.29, 0.717) is 16.1 Å². The molecule has 0 saturated carbocycles. The van der Waals surface area contributed by atoms with E-state index in [0.717, 1.165) is 0 Å². The standard InChI is InChI=1S/C19H21ClN2O4/c1-19(2,11-23)22-18(26)16-8-12(5-6-21-16)7-15(24)10-13-9-14(20)3-4-17(13)25/h3-6,8-9,23,25H,7,10-11H2,1-2H3,(H,22,26). The maximum atomic E-state index is 12.3. The third-order valence-corrected chi connectivity index (χ3v) is 3.97. The number of ketones is 1. The van der Waals surface area contributed by atoms with Crippen molar-refractivity contribution < 1.29 is 19.8 Å². The van der Waals surface area contributed by atoms with Crippen molar-refractivity contribution in [2.45, 2.75) is 32.2 Å². The Morgan fingerprint density at radius 3 is 2.62 bits per heavy atom. The van der Waals surface area contributed by atoms with Gasteiger partial charge in [-0.1, -0.05) is 11.6 Å². The summed E-state index contributed by atoms with van der Waals surface area (Å²) in [5.74, 6) is -0.537. The number of nitrogens with zero attached hydrogens (tertiary/aromatic N) is 1. The first-order chi connectivity index (χ1) is 12.2. The van der Waals surface area contributed by atoms with Gasteiger partial charge in [-0.25, -0.2) is 0 Å². The summed E-state index contributed by atoms with van der Waals surface area (Å²) in [7, 11) is 0. The number of nitrogens with one attached hydrogen (secondary N) is 1. The highest BCUT2D eigenvalue weighted by Gasteiger charge is 2.21. The number of aromatic hydroxyl groups is 1. The van der Waals surface area contributed by atoms with Gasteiger partial charge in [0, 0.05) is 29.6 Å². The van der Waals surface area contributed by atoms with Crippen molar-refractivity contribution >= 4 is 23.3 Å². The quantitative estimate of drug-likeness (QED) is 0.688. The van der Waals surface area contributed by atoms with Crippen LogP contribution >= 0.6 is 11.6 Å². The van der Waals surface area contributed by atoms with Crippen LogP contribution in [0.25, 0.3) is 0 Å². The number of carbonyl (C=O) groups excluding carboxylic acids is 2. The molecule has 0 aliphatic carbocycles. The molecule has 2 aromatic rings. The van der Waals surface area contributed by atoms with Crippen LogP contribution in [-0.2, 0) is 17.6 Å². The second kappa shape index (κ2) is 8.29. The average Bonchev–Trinajstić information content (AvgIpc) is 2.58. The number of Topliss-reactive ketones (excluding diaryl/α,β-unsaturated/α-hetero) is 1. The number of aliphatic hydroxyl groups is 1. The van der Waals surface area contributed by atoms with E-state index < -0.39 is 11.4 Å². The molecule has 0 bridgehead atoms. The molecule has 3 N–H and O–H groups in total. The third-order valence-electron chi connectivity index (χ3n) is 3.73. The maximum Gasteiger partial charge on any atom is 0.270 e. The van der Waals surface area contributed by atoms with Crippen molar-refractivity contribution in [2.75, 3.05) is 6.61 Å². The first-order valence-corrected chi connectivity index (χ1v) is 8.45. The molecule has 0 atom stereocenters. The van der Waals surface area contributed by atoms with Gasteiger partial charge in [0.2, 0.25) is 0 Å². The lowest BCUT2D eigenvalue weighted by Crippen LogP contribution is -2.46. The summed E-state index contributed by atoms with van der Waals surface area (Å²) < 4.78 is 0. The third kappa shape index (κ3) is 5.54. The molecule has 1 aromatic carbocycles. The second-order valence-electron chi connectivity index (χ2n) is 6.71. The first-order valence-electron chi connectivity index (χ1n) is 8.07. The summed E-state index contributed by atoms with van der Waals surface area (Å²) >= 11 is 5.89. The lowest BCUT2D eigenvalue weighted by Gasteiger charge is -2.23. The number of rotatable bonds is 7. The zero-order valence-corrected chi connectivity index (χ0v) is 15.4. The van der Waals surface area contributed by atoms with Crippen molar-refractivity contribution in [1.29, 1.82) is 0 Å². The number of aliphatic hydroxyl groups excluding tert-OH is 1. The van der Waals surface area contributed by atoms with Crippen molar-refractivity contribution in [3.63, 3.8) is 0 Å². The molecule has 0 fully saturated rings. The monoisotopic (exact) mass is 376 g/mol. The minimum absolute atomic E-state index is 0.0174. The zero-order chi connectivity index (χ0) is 19.3. The van der Waals surface area contributed by atoms with Gasteiger partial charge in [-0.15, -0.1) is 0 Å². The summed E-state index contributed by atoms with van der Waals surface area (Å²) in [5, 5.41) is 22.2. The van der Waals surface area contributed by atoms with E-state index in [-0.39, 0.29) is 36.7 Å². The molecule has 2 rings (SSSR count). The Hall–Kier alpha value is -2.44. The number of phenols is 1. The molecule has 138 valence electrons. The minimum atomic E-state index is -0.769. The largest absolute Gasteiger partial charge is 0.508 e. The topological polar surface area (TPSA) is 99.5 Å². The Bertz CT molecular complexity index is 821. The number of aromatic nitrogens is 1. The van der Waals surface area contributed by atoms with Crippen LogP contribution in [-0.4, -0.2) is 39.0 Å². The zero-order valence-electron chi connectivity index (χ0n) is 14.6. The van der Waals surface area contributed by atoms with E-state index in [1.807, 2.05) is 0 Å². The number of benzene rings is 1. The molecule has 1 aromatic heterocycles. The number of halogens is 1. The number of hydrogen-bond acceptors (Lipinski definition) is 5. The lowest BCUT2D eigenvalue weighted by atomic mass is 10.0. The molecule has 0 spiro atoms. The Kier molecular flexibility index (Phi) is 6.34. The first kappa shape index (κ1) is 19.9. The highest BCUT2D eigenvalue weighted by atomic mass is 35.5. The maximum absolute atomic E-state index is 12.3. The van der Waals surface area contributed by atoms with E-state index in [2.05, 4.69) is 10.3 Å². The fourth-order valence-electron chi connectivity index (χ4n) is 2.32. The molecule has 1 amide bonds. The summed E-state index contributed by atoms with van der Waals surface area (Å²) in [4.78, 5) is 28.5. The van der Waals surface area contributed by atoms with Gasteiger partial charge in [-0.05, 0) is 49.7 Å². The number of carbonyl (C=O) groups is 2. The SMILES string of the molecule is CC(C)(CO)NC(=O)c1cc(CC(=O)Cc2cc(Cl)ccc2O)ccn1. The van der Waals surface area contributed by atoms with Crippen LogP contribution in [0, 0.1) is 0 Å². The molecule has 0 saturated heterocycles. The van der Waals surface area contributed by atoms with Crippen LogP contribution in [0.5, 0.6) is 5.75 Å². The van der Waals surface area contributed by atoms with Gasteiger partial charge in [-0.3, -0.25) is 14.6 Å². The molecular weight excluding hydrogens is 356 g/mol. The van der Waals surface area contributed by atoms with Crippen molar-refractivity contribution in [1.82, 2.24) is 10.3 Å². The number of amides is 1. The van der Waals surface area contributed by atoms with Gasteiger partial charge in [0.25, 0.3) is 5.91 Å². The predicted octanol–water partition coefficient (Wildman–Crippen LogP) is 2.30. The highest BCUT2D eigenvalue weighted by Crippen LogP contribution is 2.22. The van der Waals surface area contributed by atoms with E-state index in [9.17, 15) is 19.8 Å². The van der Waals surface area contributed by atoms with E-state index in [1.165, 1.54) is 12.3 Å². The van der Waals surface area contributed by atoms with Crippen molar-refractivity contribution in [3.05, 3.63) is 58.4 Å². The molecule has 0 unspecified atom stereocenters. The van der Waals surface area contributed by atoms with Crippen LogP contribution in [0.3, 0.4) is 0 Å². The molecule has 7 heteroatoms. The summed E-state index contributed by atoms with van der Waals surface area (Å²) in [6.07, 6.45) is 1.59. The van der Waals surface area contributed by atoms with Crippen LogP contribution in [0.1, 0.15) is 35.5 Å². The van der Waals surface area contributed by atoms with Gasteiger partial charge in [0.15, 0.2) is 0 Å². The summed E-state index contributed by atoms with van der Waals surface area (Å²) in [6, 6.07) is 7.74. The van der Waals surface area contributed by atoms with Crippen LogP contribution in [0.2, 0.25) is 5.02 Å². The van der Waals surface area contributed by atoms with Gasteiger partial charge >= 0.3 is 0 Å². The van der Waals surface area contributed by atoms with E-state index >= 15 is 0 Å². The van der Waals surface area contributed by atoms with Gasteiger partial charge in [0.1, 0.15) is 17.2 Å². The molecule has 0 aliphatic rings. The number of hydrogen-bond donors (Lipinski definition) is 3. The average molecular weight is 377 g/mol. The smallest absolute Gasteiger partial charge is 0.270 e. The summed E-state index contributed by atoms with van der Waals surface area (Å²) in [5.41, 5.74) is 0.495. The van der Waals surface area contributed by atoms with Crippen LogP contribution < -0.4 is 5.32 Å². The van der Waals surface area contributed by atoms with Crippen LogP contribution in [0.15, 0.2) is 36.5 Å². The second-order valence-corrected chi connectivity index (χ2v) is 7.15. The van der Waals surface area contributed by atoms with Gasteiger partial charge < -0.3 is 15.5 Å². The molecular formula is C19H21ClN2O4. The van der Waals surface area contributed by atoms with E-state index in [4.69, 9.17) is 11.6 Å². The molecule has 0 aliphatic heterocycles. The van der Waals surface area contributed by atoms with E-state index in [1.54, 1.807) is 38.1 Å². The number of pyridine rings is 1.